The van der Waals surface area contributed by atoms with Crippen LogP contribution in [-0.2, 0) is 0 Å². The molecule has 3 heteroatoms. The molecular formula is C12H27N3. The van der Waals surface area contributed by atoms with E-state index in [2.05, 4.69) is 30.7 Å². The molecule has 1 fully saturated rings. The summed E-state index contributed by atoms with van der Waals surface area (Å²) in [6.07, 6.45) is 3.83. The summed E-state index contributed by atoms with van der Waals surface area (Å²) < 4.78 is 0. The van der Waals surface area contributed by atoms with Crippen molar-refractivity contribution < 1.29 is 0 Å². The van der Waals surface area contributed by atoms with Gasteiger partial charge in [-0.1, -0.05) is 6.92 Å². The quantitative estimate of drug-likeness (QED) is 0.718. The largest absolute Gasteiger partial charge is 0.326 e. The Labute approximate surface area is 94.6 Å². The van der Waals surface area contributed by atoms with Crippen LogP contribution in [0.4, 0.5) is 0 Å². The van der Waals surface area contributed by atoms with Crippen molar-refractivity contribution in [1.82, 2.24) is 9.80 Å². The van der Waals surface area contributed by atoms with Crippen molar-refractivity contribution in [3.63, 3.8) is 0 Å². The van der Waals surface area contributed by atoms with Crippen LogP contribution in [0.1, 0.15) is 33.1 Å². The van der Waals surface area contributed by atoms with Gasteiger partial charge in [-0.15, -0.1) is 0 Å². The number of likely N-dealkylation sites (N-methyl/N-ethyl adjacent to an activating group) is 1. The normalized spacial score (nSPS) is 22.2. The van der Waals surface area contributed by atoms with E-state index in [-0.39, 0.29) is 0 Å². The van der Waals surface area contributed by atoms with Crippen LogP contribution in [-0.4, -0.2) is 55.1 Å². The molecule has 0 saturated carbocycles. The number of rotatable bonds is 6. The van der Waals surface area contributed by atoms with Crippen LogP contribution in [0.5, 0.6) is 0 Å². The molecule has 3 nitrogen and oxygen atoms in total. The fraction of sp³-hybridized carbons (Fsp3) is 1.00. The standard InChI is InChI=1S/C12H27N3/c1-4-12(13)11(2)14(3)9-10-15-7-5-6-8-15/h11-12H,4-10,13H2,1-3H3. The van der Waals surface area contributed by atoms with Gasteiger partial charge in [-0.3, -0.25) is 0 Å². The van der Waals surface area contributed by atoms with Gasteiger partial charge in [0.1, 0.15) is 0 Å². The van der Waals surface area contributed by atoms with Gasteiger partial charge in [0, 0.05) is 25.2 Å². The van der Waals surface area contributed by atoms with Crippen LogP contribution in [0.3, 0.4) is 0 Å². The Bertz CT molecular complexity index is 166. The molecule has 0 aromatic rings. The highest BCUT2D eigenvalue weighted by Gasteiger charge is 2.17. The smallest absolute Gasteiger partial charge is 0.0216 e. The van der Waals surface area contributed by atoms with Gasteiger partial charge in [-0.25, -0.2) is 0 Å². The van der Waals surface area contributed by atoms with Gasteiger partial charge >= 0.3 is 0 Å². The van der Waals surface area contributed by atoms with Crippen LogP contribution in [0, 0.1) is 0 Å². The van der Waals surface area contributed by atoms with E-state index >= 15 is 0 Å². The zero-order valence-electron chi connectivity index (χ0n) is 10.6. The van der Waals surface area contributed by atoms with E-state index in [4.69, 9.17) is 5.73 Å². The maximum absolute atomic E-state index is 6.05. The van der Waals surface area contributed by atoms with Crippen molar-refractivity contribution in [2.24, 2.45) is 5.73 Å². The van der Waals surface area contributed by atoms with Crippen molar-refractivity contribution in [2.45, 2.75) is 45.2 Å². The van der Waals surface area contributed by atoms with Crippen molar-refractivity contribution in [3.8, 4) is 0 Å². The molecule has 0 aromatic carbocycles. The summed E-state index contributed by atoms with van der Waals surface area (Å²) in [5.74, 6) is 0. The molecule has 1 saturated heterocycles. The molecule has 1 rings (SSSR count). The number of hydrogen-bond acceptors (Lipinski definition) is 3. The summed E-state index contributed by atoms with van der Waals surface area (Å²) in [5.41, 5.74) is 6.05. The number of nitrogens with zero attached hydrogens (tertiary/aromatic N) is 2. The summed E-state index contributed by atoms with van der Waals surface area (Å²) >= 11 is 0. The molecule has 1 aliphatic rings. The van der Waals surface area contributed by atoms with Gasteiger partial charge in [0.15, 0.2) is 0 Å². The van der Waals surface area contributed by atoms with Crippen LogP contribution in [0.15, 0.2) is 0 Å². The SMILES string of the molecule is CCC(N)C(C)N(C)CCN1CCCC1. The van der Waals surface area contributed by atoms with Gasteiger partial charge in [0.2, 0.25) is 0 Å². The number of likely N-dealkylation sites (tertiary alicyclic amines) is 1. The molecule has 0 bridgehead atoms. The average molecular weight is 213 g/mol. The van der Waals surface area contributed by atoms with Gasteiger partial charge < -0.3 is 15.5 Å². The van der Waals surface area contributed by atoms with E-state index in [0.717, 1.165) is 13.0 Å². The first-order valence-electron chi connectivity index (χ1n) is 6.33. The van der Waals surface area contributed by atoms with Gasteiger partial charge in [0.05, 0.1) is 0 Å². The Kier molecular flexibility index (Phi) is 5.58. The molecule has 1 heterocycles. The molecule has 2 N–H and O–H groups in total. The lowest BCUT2D eigenvalue weighted by molar-refractivity contribution is 0.193. The van der Waals surface area contributed by atoms with E-state index in [1.54, 1.807) is 0 Å². The predicted molar refractivity (Wildman–Crippen MR) is 66.0 cm³/mol. The first-order valence-corrected chi connectivity index (χ1v) is 6.33. The number of hydrogen-bond donors (Lipinski definition) is 1. The maximum Gasteiger partial charge on any atom is 0.0216 e. The van der Waals surface area contributed by atoms with Crippen LogP contribution in [0.2, 0.25) is 0 Å². The first-order chi connectivity index (χ1) is 7.15. The second-order valence-electron chi connectivity index (χ2n) is 4.84. The summed E-state index contributed by atoms with van der Waals surface area (Å²) in [5, 5.41) is 0. The summed E-state index contributed by atoms with van der Waals surface area (Å²) in [6, 6.07) is 0.811. The predicted octanol–water partition coefficient (Wildman–Crippen LogP) is 1.14. The van der Waals surface area contributed by atoms with E-state index in [1.165, 1.54) is 32.5 Å². The molecule has 0 aliphatic carbocycles. The highest BCUT2D eigenvalue weighted by atomic mass is 15.2. The monoisotopic (exact) mass is 213 g/mol. The Morgan fingerprint density at radius 3 is 2.47 bits per heavy atom. The van der Waals surface area contributed by atoms with Gasteiger partial charge in [0.25, 0.3) is 0 Å². The van der Waals surface area contributed by atoms with Crippen molar-refractivity contribution in [3.05, 3.63) is 0 Å². The summed E-state index contributed by atoms with van der Waals surface area (Å²) in [7, 11) is 2.19. The second kappa shape index (κ2) is 6.46. The molecule has 0 radical (unpaired) electrons. The average Bonchev–Trinajstić information content (AvgIpc) is 2.76. The minimum Gasteiger partial charge on any atom is -0.326 e. The third-order valence-corrected chi connectivity index (χ3v) is 3.75. The van der Waals surface area contributed by atoms with Gasteiger partial charge in [-0.05, 0) is 46.3 Å². The van der Waals surface area contributed by atoms with E-state index in [9.17, 15) is 0 Å². The number of nitrogens with two attached hydrogens (primary N) is 1. The molecule has 0 amide bonds. The maximum atomic E-state index is 6.05. The lowest BCUT2D eigenvalue weighted by Crippen LogP contribution is -2.46. The molecule has 0 spiro atoms. The minimum absolute atomic E-state index is 0.313. The Hall–Kier alpha value is -0.120. The Balaban J connectivity index is 2.19. The highest BCUT2D eigenvalue weighted by molar-refractivity contribution is 4.76. The molecular weight excluding hydrogens is 186 g/mol. The van der Waals surface area contributed by atoms with Crippen molar-refractivity contribution >= 4 is 0 Å². The van der Waals surface area contributed by atoms with E-state index in [1.807, 2.05) is 0 Å². The van der Waals surface area contributed by atoms with Crippen LogP contribution in [0.25, 0.3) is 0 Å². The zero-order chi connectivity index (χ0) is 11.3. The highest BCUT2D eigenvalue weighted by Crippen LogP contribution is 2.08. The van der Waals surface area contributed by atoms with E-state index < -0.39 is 0 Å². The molecule has 0 aromatic heterocycles. The molecule has 1 aliphatic heterocycles. The third-order valence-electron chi connectivity index (χ3n) is 3.75. The summed E-state index contributed by atoms with van der Waals surface area (Å²) in [4.78, 5) is 4.95. The second-order valence-corrected chi connectivity index (χ2v) is 4.84. The molecule has 15 heavy (non-hydrogen) atoms. The van der Waals surface area contributed by atoms with Crippen LogP contribution >= 0.6 is 0 Å². The zero-order valence-corrected chi connectivity index (χ0v) is 10.6. The minimum atomic E-state index is 0.313. The first kappa shape index (κ1) is 12.9. The van der Waals surface area contributed by atoms with Crippen molar-refractivity contribution in [1.29, 1.82) is 0 Å². The van der Waals surface area contributed by atoms with Crippen LogP contribution < -0.4 is 5.73 Å². The Morgan fingerprint density at radius 1 is 1.33 bits per heavy atom. The lowest BCUT2D eigenvalue weighted by Gasteiger charge is -2.30. The van der Waals surface area contributed by atoms with E-state index in [0.29, 0.717) is 12.1 Å². The van der Waals surface area contributed by atoms with Gasteiger partial charge in [-0.2, -0.15) is 0 Å². The Morgan fingerprint density at radius 2 is 1.93 bits per heavy atom. The summed E-state index contributed by atoms with van der Waals surface area (Å²) in [6.45, 7) is 9.34. The molecule has 2 unspecified atom stereocenters. The fourth-order valence-electron chi connectivity index (χ4n) is 2.18. The fourth-order valence-corrected chi connectivity index (χ4v) is 2.18. The third kappa shape index (κ3) is 4.09. The topological polar surface area (TPSA) is 32.5 Å². The van der Waals surface area contributed by atoms with Crippen molar-refractivity contribution in [2.75, 3.05) is 33.2 Å². The lowest BCUT2D eigenvalue weighted by atomic mass is 10.1. The molecule has 90 valence electrons. The molecule has 2 atom stereocenters.